The largest absolute Gasteiger partial charge is 0.351 e. The Morgan fingerprint density at radius 2 is 2.12 bits per heavy atom. The van der Waals surface area contributed by atoms with Gasteiger partial charge in [-0.3, -0.25) is 9.59 Å². The number of likely N-dealkylation sites (tertiary alicyclic amines) is 1. The van der Waals surface area contributed by atoms with Crippen molar-refractivity contribution in [3.05, 3.63) is 52.9 Å². The fraction of sp³-hybridized carbons (Fsp3) is 0.450. The van der Waals surface area contributed by atoms with Gasteiger partial charge < -0.3 is 14.7 Å². The zero-order valence-corrected chi connectivity index (χ0v) is 15.1. The third kappa shape index (κ3) is 2.89. The Bertz CT molecular complexity index is 857. The molecular weight excluding hydrogens is 330 g/mol. The molecule has 0 radical (unpaired) electrons. The van der Waals surface area contributed by atoms with Crippen LogP contribution in [0.25, 0.3) is 0 Å². The predicted octanol–water partition coefficient (Wildman–Crippen LogP) is 2.76. The van der Waals surface area contributed by atoms with E-state index in [1.165, 1.54) is 0 Å². The highest BCUT2D eigenvalue weighted by Gasteiger charge is 2.43. The van der Waals surface area contributed by atoms with Gasteiger partial charge in [0.1, 0.15) is 0 Å². The van der Waals surface area contributed by atoms with Gasteiger partial charge in [0.25, 0.3) is 11.8 Å². The van der Waals surface area contributed by atoms with E-state index >= 15 is 0 Å². The van der Waals surface area contributed by atoms with Crippen LogP contribution in [0.4, 0.5) is 0 Å². The van der Waals surface area contributed by atoms with Crippen LogP contribution < -0.4 is 5.32 Å². The molecule has 1 N–H and O–H groups in total. The summed E-state index contributed by atoms with van der Waals surface area (Å²) in [5, 5.41) is 7.17. The molecule has 4 rings (SSSR count). The molecule has 0 saturated carbocycles. The lowest BCUT2D eigenvalue weighted by molar-refractivity contribution is 0.0726. The lowest BCUT2D eigenvalue weighted by atomic mass is 9.91. The molecule has 3 heterocycles. The summed E-state index contributed by atoms with van der Waals surface area (Å²) in [4.78, 5) is 27.2. The molecule has 1 saturated heterocycles. The quantitative estimate of drug-likeness (QED) is 0.901. The monoisotopic (exact) mass is 353 g/mol. The van der Waals surface area contributed by atoms with Crippen LogP contribution >= 0.6 is 0 Å². The first-order valence-corrected chi connectivity index (χ1v) is 9.14. The lowest BCUT2D eigenvalue weighted by Crippen LogP contribution is -2.50. The molecule has 1 aromatic heterocycles. The van der Waals surface area contributed by atoms with E-state index in [1.54, 1.807) is 11.0 Å². The molecule has 1 spiro atoms. The number of hydrogen-bond donors (Lipinski definition) is 1. The summed E-state index contributed by atoms with van der Waals surface area (Å²) in [6, 6.07) is 9.44. The highest BCUT2D eigenvalue weighted by Crippen LogP contribution is 2.31. The zero-order chi connectivity index (χ0) is 18.3. The number of hydrogen-bond acceptors (Lipinski definition) is 4. The molecule has 0 unspecified atom stereocenters. The van der Waals surface area contributed by atoms with Crippen LogP contribution in [0.15, 0.2) is 34.9 Å². The summed E-state index contributed by atoms with van der Waals surface area (Å²) >= 11 is 0. The first-order chi connectivity index (χ1) is 12.5. The van der Waals surface area contributed by atoms with Gasteiger partial charge in [-0.2, -0.15) is 0 Å². The van der Waals surface area contributed by atoms with Crippen molar-refractivity contribution in [1.82, 2.24) is 15.4 Å². The Morgan fingerprint density at radius 3 is 2.88 bits per heavy atom. The minimum atomic E-state index is -0.368. The van der Waals surface area contributed by atoms with Gasteiger partial charge in [0.15, 0.2) is 0 Å². The smallest absolute Gasteiger partial charge is 0.292 e. The maximum atomic E-state index is 12.8. The van der Waals surface area contributed by atoms with Crippen LogP contribution in [-0.4, -0.2) is 40.5 Å². The molecule has 2 amide bonds. The lowest BCUT2D eigenvalue weighted by Gasteiger charge is -2.28. The van der Waals surface area contributed by atoms with Crippen molar-refractivity contribution in [2.75, 3.05) is 13.1 Å². The Hall–Kier alpha value is -2.63. The molecule has 26 heavy (non-hydrogen) atoms. The number of amides is 2. The number of carbonyl (C=O) groups excluding carboxylic acids is 2. The molecule has 1 aromatic carbocycles. The predicted molar refractivity (Wildman–Crippen MR) is 96.1 cm³/mol. The highest BCUT2D eigenvalue weighted by atomic mass is 16.5. The maximum Gasteiger partial charge on any atom is 0.292 e. The van der Waals surface area contributed by atoms with Crippen molar-refractivity contribution in [2.24, 2.45) is 0 Å². The molecule has 2 aliphatic rings. The number of carbonyl (C=O) groups is 2. The van der Waals surface area contributed by atoms with E-state index in [2.05, 4.69) is 10.5 Å². The number of benzene rings is 1. The third-order valence-electron chi connectivity index (χ3n) is 5.49. The maximum absolute atomic E-state index is 12.8. The minimum Gasteiger partial charge on any atom is -0.351 e. The summed E-state index contributed by atoms with van der Waals surface area (Å²) in [5.74, 6) is 0.283. The second-order valence-corrected chi connectivity index (χ2v) is 7.64. The van der Waals surface area contributed by atoms with E-state index in [4.69, 9.17) is 4.52 Å². The van der Waals surface area contributed by atoms with Gasteiger partial charge in [0.2, 0.25) is 5.76 Å². The summed E-state index contributed by atoms with van der Waals surface area (Å²) < 4.78 is 5.24. The molecule has 6 nitrogen and oxygen atoms in total. The normalized spacial score (nSPS) is 22.4. The molecule has 6 heteroatoms. The number of aryl methyl sites for hydroxylation is 1. The van der Waals surface area contributed by atoms with Crippen LogP contribution in [0.1, 0.15) is 64.8 Å². The Kier molecular flexibility index (Phi) is 4.05. The van der Waals surface area contributed by atoms with E-state index in [1.807, 2.05) is 38.1 Å². The first-order valence-electron chi connectivity index (χ1n) is 9.14. The van der Waals surface area contributed by atoms with Gasteiger partial charge in [0, 0.05) is 24.7 Å². The molecule has 2 aromatic rings. The number of aromatic nitrogens is 1. The van der Waals surface area contributed by atoms with E-state index in [9.17, 15) is 9.59 Å². The van der Waals surface area contributed by atoms with Gasteiger partial charge in [-0.1, -0.05) is 37.2 Å². The topological polar surface area (TPSA) is 75.4 Å². The second kappa shape index (κ2) is 6.27. The summed E-state index contributed by atoms with van der Waals surface area (Å²) in [6.45, 7) is 5.13. The summed E-state index contributed by atoms with van der Waals surface area (Å²) in [5.41, 5.74) is 2.22. The SMILES string of the molecule is CC(C)c1cc(C(=O)N2CC[C@]3(CCc4ccccc4C(=O)N3)C2)on1. The Balaban J connectivity index is 1.51. The standard InChI is InChI=1S/C20H23N3O3/c1-13(2)16-11-17(26-22-16)19(25)23-10-9-20(12-23)8-7-14-5-3-4-6-15(14)18(24)21-20/h3-6,11,13H,7-10,12H2,1-2H3,(H,21,24)/t20-/m1/s1. The highest BCUT2D eigenvalue weighted by molar-refractivity contribution is 5.97. The van der Waals surface area contributed by atoms with Crippen molar-refractivity contribution in [3.63, 3.8) is 0 Å². The van der Waals surface area contributed by atoms with Crippen molar-refractivity contribution in [1.29, 1.82) is 0 Å². The van der Waals surface area contributed by atoms with Gasteiger partial charge >= 0.3 is 0 Å². The van der Waals surface area contributed by atoms with Crippen molar-refractivity contribution >= 4 is 11.8 Å². The average molecular weight is 353 g/mol. The van der Waals surface area contributed by atoms with Gasteiger partial charge in [-0.25, -0.2) is 0 Å². The van der Waals surface area contributed by atoms with E-state index in [-0.39, 0.29) is 29.0 Å². The number of rotatable bonds is 2. The van der Waals surface area contributed by atoms with Crippen LogP contribution in [0.3, 0.4) is 0 Å². The second-order valence-electron chi connectivity index (χ2n) is 7.64. The van der Waals surface area contributed by atoms with Gasteiger partial charge in [0.05, 0.1) is 11.2 Å². The Labute approximate surface area is 152 Å². The summed E-state index contributed by atoms with van der Waals surface area (Å²) in [6.07, 6.45) is 2.41. The van der Waals surface area contributed by atoms with E-state index in [0.29, 0.717) is 13.1 Å². The van der Waals surface area contributed by atoms with Crippen molar-refractivity contribution in [2.45, 2.75) is 44.6 Å². The first kappa shape index (κ1) is 16.8. The van der Waals surface area contributed by atoms with Crippen molar-refractivity contribution < 1.29 is 14.1 Å². The molecule has 2 aliphatic heterocycles. The van der Waals surface area contributed by atoms with Crippen molar-refractivity contribution in [3.8, 4) is 0 Å². The fourth-order valence-corrected chi connectivity index (χ4v) is 3.87. The molecule has 0 aliphatic carbocycles. The molecule has 0 bridgehead atoms. The van der Waals surface area contributed by atoms with Gasteiger partial charge in [-0.15, -0.1) is 0 Å². The van der Waals surface area contributed by atoms with Crippen LogP contribution in [0, 0.1) is 0 Å². The average Bonchev–Trinajstić information content (AvgIpc) is 3.25. The molecule has 136 valence electrons. The van der Waals surface area contributed by atoms with Crippen LogP contribution in [0.2, 0.25) is 0 Å². The minimum absolute atomic E-state index is 0.0471. The van der Waals surface area contributed by atoms with E-state index < -0.39 is 0 Å². The zero-order valence-electron chi connectivity index (χ0n) is 15.1. The summed E-state index contributed by atoms with van der Waals surface area (Å²) in [7, 11) is 0. The number of nitrogens with one attached hydrogen (secondary N) is 1. The van der Waals surface area contributed by atoms with Crippen LogP contribution in [0.5, 0.6) is 0 Å². The molecule has 1 fully saturated rings. The molecule has 1 atom stereocenters. The third-order valence-corrected chi connectivity index (χ3v) is 5.49. The Morgan fingerprint density at radius 1 is 1.31 bits per heavy atom. The number of nitrogens with zero attached hydrogens (tertiary/aromatic N) is 2. The molecular formula is C20H23N3O3. The van der Waals surface area contributed by atoms with Crippen LogP contribution in [-0.2, 0) is 6.42 Å². The van der Waals surface area contributed by atoms with E-state index in [0.717, 1.165) is 36.1 Å². The fourth-order valence-electron chi connectivity index (χ4n) is 3.87. The number of fused-ring (bicyclic) bond motifs is 1. The van der Waals surface area contributed by atoms with Gasteiger partial charge in [-0.05, 0) is 36.8 Å².